The zero-order chi connectivity index (χ0) is 9.97. The van der Waals surface area contributed by atoms with E-state index in [0.717, 1.165) is 24.4 Å². The maximum Gasteiger partial charge on any atom is 0.144 e. The Balaban J connectivity index is 1.93. The van der Waals surface area contributed by atoms with Crippen LogP contribution < -0.4 is 0 Å². The van der Waals surface area contributed by atoms with Gasteiger partial charge in [0.2, 0.25) is 0 Å². The smallest absolute Gasteiger partial charge is 0.0812 e. The standard InChI is InChI=1S/C13H21B/c1-3-9-14(10-4-2)13-11-7-5-6-8-12(11)13/h5-8,11-13H,3-4,9-10H2,1-2H3. The van der Waals surface area contributed by atoms with Crippen LogP contribution in [0.5, 0.6) is 0 Å². The van der Waals surface area contributed by atoms with Crippen LogP contribution in [0.15, 0.2) is 24.3 Å². The van der Waals surface area contributed by atoms with Gasteiger partial charge in [0.05, 0.1) is 0 Å². The number of hydrogen-bond acceptors (Lipinski definition) is 0. The zero-order valence-corrected chi connectivity index (χ0v) is 9.45. The first-order chi connectivity index (χ1) is 6.88. The Morgan fingerprint density at radius 3 is 1.86 bits per heavy atom. The van der Waals surface area contributed by atoms with Gasteiger partial charge in [0, 0.05) is 0 Å². The summed E-state index contributed by atoms with van der Waals surface area (Å²) in [6.07, 6.45) is 14.9. The molecule has 0 heterocycles. The van der Waals surface area contributed by atoms with Gasteiger partial charge in [-0.1, -0.05) is 63.6 Å². The quantitative estimate of drug-likeness (QED) is 0.571. The highest BCUT2D eigenvalue weighted by molar-refractivity contribution is 6.61. The molecule has 2 aliphatic carbocycles. The van der Waals surface area contributed by atoms with Crippen LogP contribution in [0, 0.1) is 11.8 Å². The fraction of sp³-hybridized carbons (Fsp3) is 0.692. The summed E-state index contributed by atoms with van der Waals surface area (Å²) in [5, 5.41) is 0. The molecule has 0 saturated heterocycles. The number of fused-ring (bicyclic) bond motifs is 1. The van der Waals surface area contributed by atoms with Crippen LogP contribution >= 0.6 is 0 Å². The van der Waals surface area contributed by atoms with Crippen LogP contribution in [0.3, 0.4) is 0 Å². The van der Waals surface area contributed by atoms with Gasteiger partial charge in [0.1, 0.15) is 6.71 Å². The van der Waals surface area contributed by atoms with Gasteiger partial charge in [0.25, 0.3) is 0 Å². The van der Waals surface area contributed by atoms with E-state index in [-0.39, 0.29) is 0 Å². The third-order valence-electron chi connectivity index (χ3n) is 3.83. The van der Waals surface area contributed by atoms with E-state index in [4.69, 9.17) is 0 Å². The third kappa shape index (κ3) is 1.82. The van der Waals surface area contributed by atoms with E-state index in [1.807, 2.05) is 0 Å². The van der Waals surface area contributed by atoms with Crippen molar-refractivity contribution in [2.45, 2.75) is 45.1 Å². The Bertz CT molecular complexity index is 218. The van der Waals surface area contributed by atoms with Gasteiger partial charge in [-0.05, 0) is 17.7 Å². The van der Waals surface area contributed by atoms with E-state index in [1.165, 1.54) is 25.5 Å². The SMILES string of the molecule is CCCB(CCC)C1C2C=CC=CC21. The van der Waals surface area contributed by atoms with Crippen molar-refractivity contribution < 1.29 is 0 Å². The van der Waals surface area contributed by atoms with E-state index in [9.17, 15) is 0 Å². The molecular weight excluding hydrogens is 167 g/mol. The molecule has 2 rings (SSSR count). The molecule has 0 N–H and O–H groups in total. The summed E-state index contributed by atoms with van der Waals surface area (Å²) in [5.41, 5.74) is 0. The second-order valence-corrected chi connectivity index (χ2v) is 4.84. The van der Waals surface area contributed by atoms with Crippen molar-refractivity contribution in [3.8, 4) is 0 Å². The molecule has 1 saturated carbocycles. The Kier molecular flexibility index (Phi) is 3.15. The van der Waals surface area contributed by atoms with Gasteiger partial charge in [-0.15, -0.1) is 0 Å². The van der Waals surface area contributed by atoms with E-state index in [1.54, 1.807) is 0 Å². The molecule has 1 heteroatoms. The molecule has 2 aliphatic rings. The van der Waals surface area contributed by atoms with Crippen molar-refractivity contribution in [1.29, 1.82) is 0 Å². The Morgan fingerprint density at radius 1 is 0.929 bits per heavy atom. The Morgan fingerprint density at radius 2 is 1.43 bits per heavy atom. The predicted octanol–water partition coefficient (Wildman–Crippen LogP) is 4.04. The van der Waals surface area contributed by atoms with E-state index in [2.05, 4.69) is 38.2 Å². The molecule has 0 bridgehead atoms. The van der Waals surface area contributed by atoms with Crippen LogP contribution in [0.25, 0.3) is 0 Å². The summed E-state index contributed by atoms with van der Waals surface area (Å²) < 4.78 is 0. The first-order valence-corrected chi connectivity index (χ1v) is 6.23. The molecule has 0 aliphatic heterocycles. The average molecular weight is 188 g/mol. The molecule has 0 spiro atoms. The lowest BCUT2D eigenvalue weighted by atomic mass is 9.39. The van der Waals surface area contributed by atoms with Crippen molar-refractivity contribution >= 4 is 6.71 Å². The highest BCUT2D eigenvalue weighted by Gasteiger charge is 2.51. The normalized spacial score (nSPS) is 32.9. The highest BCUT2D eigenvalue weighted by atomic mass is 14.5. The lowest BCUT2D eigenvalue weighted by Crippen LogP contribution is -2.12. The molecular formula is C13H21B. The molecule has 0 amide bonds. The number of rotatable bonds is 5. The van der Waals surface area contributed by atoms with Crippen LogP contribution in [-0.2, 0) is 0 Å². The molecule has 0 aromatic heterocycles. The van der Waals surface area contributed by atoms with Gasteiger partial charge in [-0.3, -0.25) is 0 Å². The minimum absolute atomic E-state index is 0.906. The third-order valence-corrected chi connectivity index (χ3v) is 3.83. The molecule has 0 aromatic carbocycles. The molecule has 0 radical (unpaired) electrons. The number of hydrogen-bond donors (Lipinski definition) is 0. The predicted molar refractivity (Wildman–Crippen MR) is 65.0 cm³/mol. The molecule has 1 fully saturated rings. The van der Waals surface area contributed by atoms with Crippen LogP contribution in [-0.4, -0.2) is 6.71 Å². The fourth-order valence-corrected chi connectivity index (χ4v) is 3.18. The maximum absolute atomic E-state index is 2.42. The molecule has 0 nitrogen and oxygen atoms in total. The topological polar surface area (TPSA) is 0 Å². The minimum Gasteiger partial charge on any atom is -0.0812 e. The lowest BCUT2D eigenvalue weighted by Gasteiger charge is -2.10. The second-order valence-electron chi connectivity index (χ2n) is 4.84. The minimum atomic E-state index is 0.906. The van der Waals surface area contributed by atoms with Crippen molar-refractivity contribution in [3.63, 3.8) is 0 Å². The molecule has 0 aromatic rings. The van der Waals surface area contributed by atoms with Crippen LogP contribution in [0.4, 0.5) is 0 Å². The van der Waals surface area contributed by atoms with Gasteiger partial charge < -0.3 is 0 Å². The van der Waals surface area contributed by atoms with Crippen molar-refractivity contribution in [2.24, 2.45) is 11.8 Å². The van der Waals surface area contributed by atoms with Gasteiger partial charge in [-0.2, -0.15) is 0 Å². The summed E-state index contributed by atoms with van der Waals surface area (Å²) in [5.74, 6) is 2.80. The van der Waals surface area contributed by atoms with E-state index >= 15 is 0 Å². The number of allylic oxidation sites excluding steroid dienone is 4. The second kappa shape index (κ2) is 4.38. The lowest BCUT2D eigenvalue weighted by molar-refractivity contribution is 0.973. The molecule has 2 unspecified atom stereocenters. The molecule has 76 valence electrons. The monoisotopic (exact) mass is 188 g/mol. The fourth-order valence-electron chi connectivity index (χ4n) is 3.18. The van der Waals surface area contributed by atoms with Gasteiger partial charge >= 0.3 is 0 Å². The summed E-state index contributed by atoms with van der Waals surface area (Å²) in [6, 6.07) is 0. The van der Waals surface area contributed by atoms with Crippen LogP contribution in [0.2, 0.25) is 18.5 Å². The van der Waals surface area contributed by atoms with Crippen LogP contribution in [0.1, 0.15) is 26.7 Å². The largest absolute Gasteiger partial charge is 0.144 e. The zero-order valence-electron chi connectivity index (χ0n) is 9.45. The van der Waals surface area contributed by atoms with Gasteiger partial charge in [-0.25, -0.2) is 0 Å². The maximum atomic E-state index is 2.42. The van der Waals surface area contributed by atoms with Gasteiger partial charge in [0.15, 0.2) is 0 Å². The Hall–Kier alpha value is -0.455. The summed E-state index contributed by atoms with van der Waals surface area (Å²) in [4.78, 5) is 0. The molecule has 14 heavy (non-hydrogen) atoms. The summed E-state index contributed by atoms with van der Waals surface area (Å²) >= 11 is 0. The summed E-state index contributed by atoms with van der Waals surface area (Å²) in [7, 11) is 0. The first kappa shape index (κ1) is 10.1. The highest BCUT2D eigenvalue weighted by Crippen LogP contribution is 2.58. The summed E-state index contributed by atoms with van der Waals surface area (Å²) in [6.45, 7) is 5.63. The van der Waals surface area contributed by atoms with E-state index in [0.29, 0.717) is 0 Å². The van der Waals surface area contributed by atoms with Crippen molar-refractivity contribution in [2.75, 3.05) is 0 Å². The van der Waals surface area contributed by atoms with E-state index < -0.39 is 0 Å². The Labute approximate surface area is 88.6 Å². The molecule has 2 atom stereocenters. The van der Waals surface area contributed by atoms with Crippen molar-refractivity contribution in [3.05, 3.63) is 24.3 Å². The van der Waals surface area contributed by atoms with Crippen molar-refractivity contribution in [1.82, 2.24) is 0 Å². The average Bonchev–Trinajstić information content (AvgIpc) is 2.91. The first-order valence-electron chi connectivity index (χ1n) is 6.23.